The van der Waals surface area contributed by atoms with Gasteiger partial charge in [-0.25, -0.2) is 9.97 Å². The Bertz CT molecular complexity index is 435. The highest BCUT2D eigenvalue weighted by molar-refractivity contribution is 5.23. The van der Waals surface area contributed by atoms with E-state index in [9.17, 15) is 0 Å². The Morgan fingerprint density at radius 1 is 1.40 bits per heavy atom. The molecule has 0 radical (unpaired) electrons. The standard InChI is InChI=1S/C10H15N5/c1-3-14-7-12-5-9(14)6-15-8(2)4-13-10(15)11/h4-5,7H,3,6H2,1-2H3,(H2,11,13). The number of imidazole rings is 2. The third-order valence-corrected chi connectivity index (χ3v) is 2.55. The third kappa shape index (κ3) is 1.72. The van der Waals surface area contributed by atoms with Crippen LogP contribution >= 0.6 is 0 Å². The van der Waals surface area contributed by atoms with Gasteiger partial charge in [-0.3, -0.25) is 0 Å². The fourth-order valence-electron chi connectivity index (χ4n) is 1.61. The van der Waals surface area contributed by atoms with Crippen molar-refractivity contribution in [1.29, 1.82) is 0 Å². The predicted octanol–water partition coefficient (Wildman–Crippen LogP) is 1.04. The van der Waals surface area contributed by atoms with Gasteiger partial charge >= 0.3 is 0 Å². The zero-order valence-electron chi connectivity index (χ0n) is 9.01. The SMILES string of the molecule is CCn1cncc1Cn1c(C)cnc1N. The van der Waals surface area contributed by atoms with Gasteiger partial charge in [0.2, 0.25) is 5.95 Å². The molecule has 5 nitrogen and oxygen atoms in total. The molecule has 0 spiro atoms. The number of anilines is 1. The van der Waals surface area contributed by atoms with E-state index in [1.165, 1.54) is 0 Å². The lowest BCUT2D eigenvalue weighted by Crippen LogP contribution is -2.09. The Hall–Kier alpha value is -1.78. The number of hydrogen-bond donors (Lipinski definition) is 1. The van der Waals surface area contributed by atoms with Crippen LogP contribution in [0.15, 0.2) is 18.7 Å². The summed E-state index contributed by atoms with van der Waals surface area (Å²) in [5.41, 5.74) is 7.98. The van der Waals surface area contributed by atoms with Crippen LogP contribution in [0.5, 0.6) is 0 Å². The summed E-state index contributed by atoms with van der Waals surface area (Å²) in [7, 11) is 0. The maximum absolute atomic E-state index is 5.77. The van der Waals surface area contributed by atoms with E-state index in [1.807, 2.05) is 24.0 Å². The lowest BCUT2D eigenvalue weighted by Gasteiger charge is -2.09. The summed E-state index contributed by atoms with van der Waals surface area (Å²) in [5, 5.41) is 0. The second-order valence-corrected chi connectivity index (χ2v) is 3.51. The Morgan fingerprint density at radius 2 is 2.20 bits per heavy atom. The van der Waals surface area contributed by atoms with Crippen molar-refractivity contribution in [3.8, 4) is 0 Å². The highest BCUT2D eigenvalue weighted by Crippen LogP contribution is 2.10. The maximum atomic E-state index is 5.77. The van der Waals surface area contributed by atoms with Crippen molar-refractivity contribution in [2.45, 2.75) is 26.9 Å². The largest absolute Gasteiger partial charge is 0.369 e. The average Bonchev–Trinajstić information content (AvgIpc) is 2.79. The number of aromatic nitrogens is 4. The second-order valence-electron chi connectivity index (χ2n) is 3.51. The number of nitrogen functional groups attached to an aromatic ring is 1. The van der Waals surface area contributed by atoms with Gasteiger partial charge in [0.25, 0.3) is 0 Å². The summed E-state index contributed by atoms with van der Waals surface area (Å²) in [6.45, 7) is 5.74. The Balaban J connectivity index is 2.29. The molecule has 0 bridgehead atoms. The van der Waals surface area contributed by atoms with Gasteiger partial charge in [0, 0.05) is 18.4 Å². The van der Waals surface area contributed by atoms with Crippen LogP contribution in [-0.2, 0) is 13.1 Å². The maximum Gasteiger partial charge on any atom is 0.200 e. The minimum absolute atomic E-state index is 0.552. The molecule has 0 aromatic carbocycles. The normalized spacial score (nSPS) is 10.8. The first-order valence-corrected chi connectivity index (χ1v) is 4.99. The van der Waals surface area contributed by atoms with E-state index in [1.54, 1.807) is 6.20 Å². The van der Waals surface area contributed by atoms with Crippen molar-refractivity contribution in [3.05, 3.63) is 30.1 Å². The molecule has 0 amide bonds. The highest BCUT2D eigenvalue weighted by Gasteiger charge is 2.06. The fraction of sp³-hybridized carbons (Fsp3) is 0.400. The average molecular weight is 205 g/mol. The summed E-state index contributed by atoms with van der Waals surface area (Å²) in [6, 6.07) is 0. The van der Waals surface area contributed by atoms with Gasteiger partial charge in [0.1, 0.15) is 0 Å². The van der Waals surface area contributed by atoms with Crippen molar-refractivity contribution in [1.82, 2.24) is 19.1 Å². The van der Waals surface area contributed by atoms with Crippen LogP contribution in [0.25, 0.3) is 0 Å². The van der Waals surface area contributed by atoms with E-state index in [0.717, 1.165) is 24.5 Å². The van der Waals surface area contributed by atoms with E-state index in [0.29, 0.717) is 5.95 Å². The van der Waals surface area contributed by atoms with Gasteiger partial charge < -0.3 is 14.9 Å². The number of nitrogens with two attached hydrogens (primary N) is 1. The predicted molar refractivity (Wildman–Crippen MR) is 58.4 cm³/mol. The van der Waals surface area contributed by atoms with Gasteiger partial charge in [-0.15, -0.1) is 0 Å². The molecule has 2 aromatic heterocycles. The van der Waals surface area contributed by atoms with Crippen LogP contribution in [-0.4, -0.2) is 19.1 Å². The zero-order valence-corrected chi connectivity index (χ0v) is 9.01. The molecular weight excluding hydrogens is 190 g/mol. The molecule has 0 aliphatic rings. The molecule has 2 aromatic rings. The number of hydrogen-bond acceptors (Lipinski definition) is 3. The topological polar surface area (TPSA) is 61.7 Å². The van der Waals surface area contributed by atoms with Crippen molar-refractivity contribution in [2.75, 3.05) is 5.73 Å². The van der Waals surface area contributed by atoms with Gasteiger partial charge in [-0.1, -0.05) is 0 Å². The van der Waals surface area contributed by atoms with Crippen LogP contribution in [0.1, 0.15) is 18.3 Å². The summed E-state index contributed by atoms with van der Waals surface area (Å²) in [5.74, 6) is 0.552. The molecule has 2 N–H and O–H groups in total. The molecule has 0 aliphatic heterocycles. The molecule has 5 heteroatoms. The molecule has 2 heterocycles. The Morgan fingerprint density at radius 3 is 2.80 bits per heavy atom. The molecule has 0 saturated heterocycles. The molecule has 0 atom stereocenters. The van der Waals surface area contributed by atoms with Crippen LogP contribution in [0, 0.1) is 6.92 Å². The molecule has 0 aliphatic carbocycles. The molecule has 80 valence electrons. The first-order chi connectivity index (χ1) is 7.22. The number of nitrogens with zero attached hydrogens (tertiary/aromatic N) is 4. The minimum Gasteiger partial charge on any atom is -0.369 e. The molecular formula is C10H15N5. The number of rotatable bonds is 3. The van der Waals surface area contributed by atoms with Crippen molar-refractivity contribution >= 4 is 5.95 Å². The summed E-state index contributed by atoms with van der Waals surface area (Å²) < 4.78 is 4.07. The van der Waals surface area contributed by atoms with Gasteiger partial charge in [-0.05, 0) is 13.8 Å². The molecule has 0 unspecified atom stereocenters. The van der Waals surface area contributed by atoms with Crippen molar-refractivity contribution in [2.24, 2.45) is 0 Å². The summed E-state index contributed by atoms with van der Waals surface area (Å²) in [4.78, 5) is 8.18. The van der Waals surface area contributed by atoms with E-state index in [2.05, 4.69) is 21.5 Å². The van der Waals surface area contributed by atoms with Gasteiger partial charge in [-0.2, -0.15) is 0 Å². The second kappa shape index (κ2) is 3.76. The van der Waals surface area contributed by atoms with Crippen LogP contribution in [0.2, 0.25) is 0 Å². The molecule has 0 saturated carbocycles. The minimum atomic E-state index is 0.552. The van der Waals surface area contributed by atoms with Crippen molar-refractivity contribution < 1.29 is 0 Å². The third-order valence-electron chi connectivity index (χ3n) is 2.55. The van der Waals surface area contributed by atoms with E-state index in [-0.39, 0.29) is 0 Å². The smallest absolute Gasteiger partial charge is 0.200 e. The first-order valence-electron chi connectivity index (χ1n) is 4.99. The Labute approximate surface area is 88.6 Å². The Kier molecular flexibility index (Phi) is 2.45. The summed E-state index contributed by atoms with van der Waals surface area (Å²) in [6.07, 6.45) is 5.47. The molecule has 15 heavy (non-hydrogen) atoms. The molecule has 0 fully saturated rings. The molecule has 2 rings (SSSR count). The monoisotopic (exact) mass is 205 g/mol. The quantitative estimate of drug-likeness (QED) is 0.814. The van der Waals surface area contributed by atoms with Gasteiger partial charge in [0.05, 0.1) is 24.8 Å². The first kappa shape index (κ1) is 9.76. The van der Waals surface area contributed by atoms with Crippen LogP contribution in [0.3, 0.4) is 0 Å². The van der Waals surface area contributed by atoms with E-state index < -0.39 is 0 Å². The fourth-order valence-corrected chi connectivity index (χ4v) is 1.61. The van der Waals surface area contributed by atoms with E-state index >= 15 is 0 Å². The highest BCUT2D eigenvalue weighted by atomic mass is 15.2. The lowest BCUT2D eigenvalue weighted by molar-refractivity contribution is 0.665. The number of aryl methyl sites for hydroxylation is 2. The zero-order chi connectivity index (χ0) is 10.8. The van der Waals surface area contributed by atoms with Crippen molar-refractivity contribution in [3.63, 3.8) is 0 Å². The van der Waals surface area contributed by atoms with E-state index in [4.69, 9.17) is 5.73 Å². The van der Waals surface area contributed by atoms with Gasteiger partial charge in [0.15, 0.2) is 0 Å². The summed E-state index contributed by atoms with van der Waals surface area (Å²) >= 11 is 0. The van der Waals surface area contributed by atoms with Crippen LogP contribution in [0.4, 0.5) is 5.95 Å². The lowest BCUT2D eigenvalue weighted by atomic mass is 10.4. The van der Waals surface area contributed by atoms with Crippen LogP contribution < -0.4 is 5.73 Å².